The molecule has 9 nitrogen and oxygen atoms in total. The van der Waals surface area contributed by atoms with Crippen molar-refractivity contribution in [2.75, 3.05) is 17.2 Å². The molecular weight excluding hydrogens is 324 g/mol. The van der Waals surface area contributed by atoms with Crippen LogP contribution in [0.15, 0.2) is 29.5 Å². The minimum atomic E-state index is -0.775. The lowest BCUT2D eigenvalue weighted by molar-refractivity contribution is -0.107. The number of rotatable bonds is 3. The summed E-state index contributed by atoms with van der Waals surface area (Å²) in [6, 6.07) is 1.25. The largest absolute Gasteiger partial charge is 0.388 e. The number of hydrogen-bond acceptors (Lipinski definition) is 8. The lowest BCUT2D eigenvalue weighted by Gasteiger charge is -2.37. The third-order valence-corrected chi connectivity index (χ3v) is 5.16. The van der Waals surface area contributed by atoms with Crippen molar-refractivity contribution in [3.8, 4) is 0 Å². The first-order valence-electron chi connectivity index (χ1n) is 8.21. The Morgan fingerprint density at radius 1 is 1.44 bits per heavy atom. The Labute approximate surface area is 144 Å². The van der Waals surface area contributed by atoms with Crippen LogP contribution in [0.5, 0.6) is 0 Å². The number of aryl methyl sites for hydroxylation is 1. The molecule has 2 aliphatic rings. The third-order valence-electron chi connectivity index (χ3n) is 5.16. The zero-order chi connectivity index (χ0) is 17.8. The Balaban J connectivity index is 1.80. The maximum atomic E-state index is 12.4. The normalized spacial score (nSPS) is 30.8. The SMILES string of the molecule is CC[C@@]12CN(c3ncccn3)[C@@H]([C@H](n3cc(C)c(N)nc3=O)O1)[C@@H]2O. The summed E-state index contributed by atoms with van der Waals surface area (Å²) in [5.74, 6) is 0.696. The predicted octanol–water partition coefficient (Wildman–Crippen LogP) is -0.149. The van der Waals surface area contributed by atoms with E-state index >= 15 is 0 Å². The second-order valence-corrected chi connectivity index (χ2v) is 6.54. The van der Waals surface area contributed by atoms with Gasteiger partial charge in [-0.3, -0.25) is 4.57 Å². The van der Waals surface area contributed by atoms with Gasteiger partial charge in [0.1, 0.15) is 23.6 Å². The standard InChI is InChI=1S/C16H20N6O3/c1-3-16-8-22(14-18-5-4-6-19-14)10(11(16)23)13(25-16)21-7-9(2)12(17)20-15(21)24/h4-7,10-11,13,23H,3,8H2,1-2H3,(H2,17,20,24)/t10-,11+,13-,16+/m1/s1. The molecule has 2 aromatic rings. The summed E-state index contributed by atoms with van der Waals surface area (Å²) in [6.45, 7) is 4.19. The van der Waals surface area contributed by atoms with Gasteiger partial charge in [0.25, 0.3) is 0 Å². The summed E-state index contributed by atoms with van der Waals surface area (Å²) in [5, 5.41) is 10.9. The van der Waals surface area contributed by atoms with Crippen LogP contribution >= 0.6 is 0 Å². The number of hydrogen-bond donors (Lipinski definition) is 2. The molecule has 2 fully saturated rings. The molecule has 132 valence electrons. The third kappa shape index (κ3) is 2.23. The Hall–Kier alpha value is -2.52. The van der Waals surface area contributed by atoms with Crippen LogP contribution in [0, 0.1) is 6.92 Å². The van der Waals surface area contributed by atoms with E-state index in [0.717, 1.165) is 0 Å². The molecule has 4 heterocycles. The zero-order valence-corrected chi connectivity index (χ0v) is 14.0. The van der Waals surface area contributed by atoms with E-state index in [1.54, 1.807) is 31.6 Å². The monoisotopic (exact) mass is 344 g/mol. The summed E-state index contributed by atoms with van der Waals surface area (Å²) in [7, 11) is 0. The first-order chi connectivity index (χ1) is 12.0. The first-order valence-corrected chi connectivity index (χ1v) is 8.21. The van der Waals surface area contributed by atoms with Crippen molar-refractivity contribution >= 4 is 11.8 Å². The minimum absolute atomic E-state index is 0.193. The highest BCUT2D eigenvalue weighted by molar-refractivity contribution is 5.41. The number of morpholine rings is 1. The molecule has 2 saturated heterocycles. The molecule has 0 amide bonds. The summed E-state index contributed by atoms with van der Waals surface area (Å²) in [6.07, 6.45) is 4.06. The van der Waals surface area contributed by atoms with E-state index in [2.05, 4.69) is 15.0 Å². The number of nitrogens with two attached hydrogens (primary N) is 1. The molecule has 2 aliphatic heterocycles. The smallest absolute Gasteiger partial charge is 0.351 e. The van der Waals surface area contributed by atoms with E-state index in [1.165, 1.54) is 4.57 Å². The van der Waals surface area contributed by atoms with Crippen LogP contribution in [0.3, 0.4) is 0 Å². The molecule has 25 heavy (non-hydrogen) atoms. The number of aromatic nitrogens is 4. The minimum Gasteiger partial charge on any atom is -0.388 e. The zero-order valence-electron chi connectivity index (χ0n) is 14.0. The second kappa shape index (κ2) is 5.50. The molecule has 0 saturated carbocycles. The average Bonchev–Trinajstić information content (AvgIpc) is 3.07. The van der Waals surface area contributed by atoms with Crippen LogP contribution in [0.1, 0.15) is 25.1 Å². The molecule has 4 rings (SSSR count). The summed E-state index contributed by atoms with van der Waals surface area (Å²) < 4.78 is 7.55. The van der Waals surface area contributed by atoms with Crippen molar-refractivity contribution < 1.29 is 9.84 Å². The highest BCUT2D eigenvalue weighted by Gasteiger charge is 2.63. The fourth-order valence-corrected chi connectivity index (χ4v) is 3.73. The molecule has 3 N–H and O–H groups in total. The summed E-state index contributed by atoms with van der Waals surface area (Å²) in [5.41, 5.74) is 5.11. The van der Waals surface area contributed by atoms with E-state index in [9.17, 15) is 9.90 Å². The van der Waals surface area contributed by atoms with Crippen molar-refractivity contribution in [1.82, 2.24) is 19.5 Å². The molecule has 2 bridgehead atoms. The van der Waals surface area contributed by atoms with Crippen LogP contribution in [0.2, 0.25) is 0 Å². The molecule has 0 radical (unpaired) electrons. The van der Waals surface area contributed by atoms with Gasteiger partial charge < -0.3 is 20.5 Å². The fourth-order valence-electron chi connectivity index (χ4n) is 3.73. The molecule has 0 aliphatic carbocycles. The van der Waals surface area contributed by atoms with Crippen molar-refractivity contribution in [3.05, 3.63) is 40.7 Å². The number of fused-ring (bicyclic) bond motifs is 2. The summed E-state index contributed by atoms with van der Waals surface area (Å²) >= 11 is 0. The molecule has 9 heteroatoms. The van der Waals surface area contributed by atoms with Crippen LogP contribution in [-0.4, -0.2) is 48.9 Å². The van der Waals surface area contributed by atoms with Gasteiger partial charge >= 0.3 is 5.69 Å². The number of aliphatic hydroxyl groups is 1. The number of nitrogen functional groups attached to an aromatic ring is 1. The van der Waals surface area contributed by atoms with E-state index in [-0.39, 0.29) is 5.82 Å². The Morgan fingerprint density at radius 3 is 2.80 bits per heavy atom. The lowest BCUT2D eigenvalue weighted by Crippen LogP contribution is -2.48. The van der Waals surface area contributed by atoms with E-state index < -0.39 is 29.7 Å². The number of aliphatic hydroxyl groups excluding tert-OH is 1. The quantitative estimate of drug-likeness (QED) is 0.789. The molecule has 0 spiro atoms. The van der Waals surface area contributed by atoms with Gasteiger partial charge in [-0.15, -0.1) is 0 Å². The van der Waals surface area contributed by atoms with E-state index in [0.29, 0.717) is 24.5 Å². The second-order valence-electron chi connectivity index (χ2n) is 6.54. The van der Waals surface area contributed by atoms with Gasteiger partial charge in [-0.2, -0.15) is 4.98 Å². The van der Waals surface area contributed by atoms with Crippen molar-refractivity contribution in [3.63, 3.8) is 0 Å². The van der Waals surface area contributed by atoms with E-state index in [4.69, 9.17) is 10.5 Å². The van der Waals surface area contributed by atoms with Crippen LogP contribution in [0.25, 0.3) is 0 Å². The number of nitrogens with zero attached hydrogens (tertiary/aromatic N) is 5. The molecule has 0 aromatic carbocycles. The molecular formula is C16H20N6O3. The molecule has 2 aromatic heterocycles. The maximum absolute atomic E-state index is 12.4. The maximum Gasteiger partial charge on any atom is 0.351 e. The molecule has 4 atom stereocenters. The van der Waals surface area contributed by atoms with Gasteiger partial charge in [0.05, 0.1) is 6.54 Å². The van der Waals surface area contributed by atoms with Crippen LogP contribution in [0.4, 0.5) is 11.8 Å². The Kier molecular flexibility index (Phi) is 3.51. The number of ether oxygens (including phenoxy) is 1. The van der Waals surface area contributed by atoms with Gasteiger partial charge in [-0.05, 0) is 19.4 Å². The van der Waals surface area contributed by atoms with Gasteiger partial charge in [-0.1, -0.05) is 6.92 Å². The van der Waals surface area contributed by atoms with Gasteiger partial charge in [0.2, 0.25) is 5.95 Å². The predicted molar refractivity (Wildman–Crippen MR) is 90.0 cm³/mol. The van der Waals surface area contributed by atoms with E-state index in [1.807, 2.05) is 11.8 Å². The fraction of sp³-hybridized carbons (Fsp3) is 0.500. The van der Waals surface area contributed by atoms with Crippen molar-refractivity contribution in [1.29, 1.82) is 0 Å². The average molecular weight is 344 g/mol. The highest BCUT2D eigenvalue weighted by atomic mass is 16.6. The van der Waals surface area contributed by atoms with Gasteiger partial charge in [0, 0.05) is 24.2 Å². The lowest BCUT2D eigenvalue weighted by atomic mass is 9.96. The highest BCUT2D eigenvalue weighted by Crippen LogP contribution is 2.48. The first kappa shape index (κ1) is 16.0. The topological polar surface area (TPSA) is 119 Å². The summed E-state index contributed by atoms with van der Waals surface area (Å²) in [4.78, 5) is 26.7. The Bertz CT molecular complexity index is 857. The molecule has 0 unspecified atom stereocenters. The van der Waals surface area contributed by atoms with Crippen molar-refractivity contribution in [2.24, 2.45) is 0 Å². The van der Waals surface area contributed by atoms with Gasteiger partial charge in [0.15, 0.2) is 6.23 Å². The van der Waals surface area contributed by atoms with Gasteiger partial charge in [-0.25, -0.2) is 14.8 Å². The van der Waals surface area contributed by atoms with Crippen molar-refractivity contribution in [2.45, 2.75) is 44.2 Å². The number of anilines is 2. The van der Waals surface area contributed by atoms with Crippen LogP contribution in [-0.2, 0) is 4.74 Å². The Morgan fingerprint density at radius 2 is 2.16 bits per heavy atom. The van der Waals surface area contributed by atoms with Crippen LogP contribution < -0.4 is 16.3 Å².